The predicted octanol–water partition coefficient (Wildman–Crippen LogP) is 4.23. The van der Waals surface area contributed by atoms with Gasteiger partial charge in [0, 0.05) is 42.9 Å². The van der Waals surface area contributed by atoms with Gasteiger partial charge in [0.15, 0.2) is 5.78 Å². The highest BCUT2D eigenvalue weighted by Crippen LogP contribution is 2.31. The zero-order chi connectivity index (χ0) is 25.6. The molecule has 0 amide bonds. The van der Waals surface area contributed by atoms with E-state index < -0.39 is 0 Å². The summed E-state index contributed by atoms with van der Waals surface area (Å²) in [4.78, 5) is 21.9. The molecule has 0 N–H and O–H groups in total. The third-order valence-corrected chi connectivity index (χ3v) is 6.52. The van der Waals surface area contributed by atoms with E-state index in [9.17, 15) is 4.79 Å². The van der Waals surface area contributed by atoms with Crippen molar-refractivity contribution in [3.8, 4) is 34.0 Å². The van der Waals surface area contributed by atoms with Crippen molar-refractivity contribution < 1.29 is 14.3 Å². The van der Waals surface area contributed by atoms with Gasteiger partial charge in [0.25, 0.3) is 0 Å². The summed E-state index contributed by atoms with van der Waals surface area (Å²) in [7, 11) is 3.29. The van der Waals surface area contributed by atoms with Gasteiger partial charge >= 0.3 is 0 Å². The molecule has 3 aromatic carbocycles. The van der Waals surface area contributed by atoms with Crippen molar-refractivity contribution >= 4 is 11.7 Å². The molecule has 4 aromatic rings. The Balaban J connectivity index is 1.36. The van der Waals surface area contributed by atoms with Gasteiger partial charge < -0.3 is 14.4 Å². The Morgan fingerprint density at radius 3 is 1.86 bits per heavy atom. The van der Waals surface area contributed by atoms with Gasteiger partial charge in [-0.3, -0.25) is 9.69 Å². The van der Waals surface area contributed by atoms with E-state index in [1.165, 1.54) is 0 Å². The van der Waals surface area contributed by atoms with E-state index in [2.05, 4.69) is 20.0 Å². The number of carbonyl (C=O) groups excluding carboxylic acids is 1. The van der Waals surface area contributed by atoms with Gasteiger partial charge in [-0.15, -0.1) is 10.2 Å². The second kappa shape index (κ2) is 11.2. The van der Waals surface area contributed by atoms with E-state index in [0.717, 1.165) is 47.0 Å². The molecule has 1 fully saturated rings. The van der Waals surface area contributed by atoms with E-state index in [-0.39, 0.29) is 5.78 Å². The molecule has 1 aromatic heterocycles. The van der Waals surface area contributed by atoms with Crippen molar-refractivity contribution in [3.05, 3.63) is 84.4 Å². The number of aromatic nitrogens is 3. The molecule has 1 saturated heterocycles. The topological polar surface area (TPSA) is 80.7 Å². The van der Waals surface area contributed by atoms with Crippen LogP contribution in [0.3, 0.4) is 0 Å². The molecule has 1 aliphatic heterocycles. The molecule has 8 heteroatoms. The highest BCUT2D eigenvalue weighted by atomic mass is 16.5. The van der Waals surface area contributed by atoms with E-state index in [0.29, 0.717) is 31.3 Å². The molecule has 0 bridgehead atoms. The van der Waals surface area contributed by atoms with Gasteiger partial charge in [0.05, 0.1) is 20.8 Å². The monoisotopic (exact) mass is 495 g/mol. The van der Waals surface area contributed by atoms with Crippen molar-refractivity contribution in [2.45, 2.75) is 0 Å². The number of rotatable bonds is 8. The molecule has 1 aliphatic rings. The summed E-state index contributed by atoms with van der Waals surface area (Å²) >= 11 is 0. The molecule has 2 heterocycles. The minimum atomic E-state index is 0.137. The Morgan fingerprint density at radius 2 is 1.30 bits per heavy atom. The van der Waals surface area contributed by atoms with Crippen LogP contribution in [0.25, 0.3) is 22.5 Å². The van der Waals surface area contributed by atoms with Crippen LogP contribution in [0.1, 0.15) is 10.4 Å². The predicted molar refractivity (Wildman–Crippen MR) is 143 cm³/mol. The summed E-state index contributed by atoms with van der Waals surface area (Å²) in [6.45, 7) is 3.34. The molecule has 0 atom stereocenters. The van der Waals surface area contributed by atoms with Crippen LogP contribution < -0.4 is 14.4 Å². The lowest BCUT2D eigenvalue weighted by molar-refractivity contribution is 0.0926. The molecular formula is C29H29N5O3. The number of hydrogen-bond acceptors (Lipinski definition) is 8. The minimum Gasteiger partial charge on any atom is -0.497 e. The first-order chi connectivity index (χ1) is 18.1. The second-order valence-electron chi connectivity index (χ2n) is 8.82. The Labute approximate surface area is 216 Å². The van der Waals surface area contributed by atoms with Crippen LogP contribution in [-0.4, -0.2) is 72.8 Å². The Bertz CT molecular complexity index is 1340. The van der Waals surface area contributed by atoms with Gasteiger partial charge in [-0.1, -0.05) is 30.3 Å². The molecule has 0 radical (unpaired) electrons. The number of nitrogens with zero attached hydrogens (tertiary/aromatic N) is 5. The molecule has 0 unspecified atom stereocenters. The molecule has 37 heavy (non-hydrogen) atoms. The largest absolute Gasteiger partial charge is 0.497 e. The summed E-state index contributed by atoms with van der Waals surface area (Å²) < 4.78 is 10.6. The average molecular weight is 496 g/mol. The Hall–Kier alpha value is -4.30. The third-order valence-electron chi connectivity index (χ3n) is 6.52. The van der Waals surface area contributed by atoms with Gasteiger partial charge in [0.1, 0.15) is 22.9 Å². The SMILES string of the molecule is COc1ccc(-c2nnc(N3CCN(CC(=O)c4ccccc4)CC3)nc2-c2ccc(OC)cc2)cc1. The maximum absolute atomic E-state index is 12.6. The fraction of sp³-hybridized carbons (Fsp3) is 0.241. The van der Waals surface area contributed by atoms with Crippen LogP contribution in [0.2, 0.25) is 0 Å². The van der Waals surface area contributed by atoms with E-state index >= 15 is 0 Å². The highest BCUT2D eigenvalue weighted by molar-refractivity contribution is 5.97. The first kappa shape index (κ1) is 24.4. The van der Waals surface area contributed by atoms with Crippen molar-refractivity contribution in [2.75, 3.05) is 51.8 Å². The molecule has 0 saturated carbocycles. The summed E-state index contributed by atoms with van der Waals surface area (Å²) in [6, 6.07) is 24.9. The molecular weight excluding hydrogens is 466 g/mol. The van der Waals surface area contributed by atoms with Crippen molar-refractivity contribution in [2.24, 2.45) is 0 Å². The third kappa shape index (κ3) is 5.59. The van der Waals surface area contributed by atoms with Crippen LogP contribution in [0.15, 0.2) is 78.9 Å². The Kier molecular flexibility index (Phi) is 7.37. The summed E-state index contributed by atoms with van der Waals surface area (Å²) in [5.74, 6) is 2.27. The van der Waals surface area contributed by atoms with Crippen molar-refractivity contribution in [1.82, 2.24) is 20.1 Å². The van der Waals surface area contributed by atoms with Crippen LogP contribution in [-0.2, 0) is 0 Å². The lowest BCUT2D eigenvalue weighted by Gasteiger charge is -2.34. The van der Waals surface area contributed by atoms with Crippen LogP contribution in [0.5, 0.6) is 11.5 Å². The van der Waals surface area contributed by atoms with Gasteiger partial charge in [-0.25, -0.2) is 4.98 Å². The van der Waals surface area contributed by atoms with E-state index in [1.54, 1.807) is 14.2 Å². The van der Waals surface area contributed by atoms with E-state index in [4.69, 9.17) is 14.5 Å². The maximum atomic E-state index is 12.6. The van der Waals surface area contributed by atoms with Crippen LogP contribution in [0.4, 0.5) is 5.95 Å². The number of piperazine rings is 1. The fourth-order valence-electron chi connectivity index (χ4n) is 4.37. The highest BCUT2D eigenvalue weighted by Gasteiger charge is 2.23. The number of carbonyl (C=O) groups is 1. The number of hydrogen-bond donors (Lipinski definition) is 0. The first-order valence-electron chi connectivity index (χ1n) is 12.2. The van der Waals surface area contributed by atoms with Crippen LogP contribution >= 0.6 is 0 Å². The van der Waals surface area contributed by atoms with E-state index in [1.807, 2.05) is 78.9 Å². The van der Waals surface area contributed by atoms with Crippen molar-refractivity contribution in [1.29, 1.82) is 0 Å². The quantitative estimate of drug-likeness (QED) is 0.336. The van der Waals surface area contributed by atoms with Crippen LogP contribution in [0, 0.1) is 0 Å². The van der Waals surface area contributed by atoms with Gasteiger partial charge in [-0.05, 0) is 48.5 Å². The van der Waals surface area contributed by atoms with Crippen molar-refractivity contribution in [3.63, 3.8) is 0 Å². The lowest BCUT2D eigenvalue weighted by atomic mass is 10.0. The second-order valence-corrected chi connectivity index (χ2v) is 8.82. The number of methoxy groups -OCH3 is 2. The normalized spacial score (nSPS) is 13.8. The number of ketones is 1. The molecule has 188 valence electrons. The molecule has 5 rings (SSSR count). The first-order valence-corrected chi connectivity index (χ1v) is 12.2. The van der Waals surface area contributed by atoms with Gasteiger partial charge in [-0.2, -0.15) is 0 Å². The number of anilines is 1. The zero-order valence-corrected chi connectivity index (χ0v) is 21.0. The molecule has 0 spiro atoms. The minimum absolute atomic E-state index is 0.137. The Morgan fingerprint density at radius 1 is 0.730 bits per heavy atom. The lowest BCUT2D eigenvalue weighted by Crippen LogP contribution is -2.48. The number of Topliss-reactive ketones (excluding diaryl/α,β-unsaturated/α-hetero) is 1. The zero-order valence-electron chi connectivity index (χ0n) is 21.0. The molecule has 0 aliphatic carbocycles. The van der Waals surface area contributed by atoms with Gasteiger partial charge in [0.2, 0.25) is 5.95 Å². The average Bonchev–Trinajstić information content (AvgIpc) is 2.98. The molecule has 8 nitrogen and oxygen atoms in total. The number of ether oxygens (including phenoxy) is 2. The summed E-state index contributed by atoms with van der Waals surface area (Å²) in [6.07, 6.45) is 0. The fourth-order valence-corrected chi connectivity index (χ4v) is 4.37. The summed E-state index contributed by atoms with van der Waals surface area (Å²) in [5.41, 5.74) is 4.02. The number of benzene rings is 3. The maximum Gasteiger partial charge on any atom is 0.246 e. The summed E-state index contributed by atoms with van der Waals surface area (Å²) in [5, 5.41) is 9.11. The smallest absolute Gasteiger partial charge is 0.246 e. The standard InChI is InChI=1S/C29H29N5O3/c1-36-24-12-8-22(9-13-24)27-28(23-10-14-25(37-2)15-11-23)31-32-29(30-27)34-18-16-33(17-19-34)20-26(35)21-6-4-3-5-7-21/h3-15H,16-20H2,1-2H3.